The van der Waals surface area contributed by atoms with Gasteiger partial charge in [0.15, 0.2) is 0 Å². The fourth-order valence-corrected chi connectivity index (χ4v) is 2.35. The molecule has 1 saturated heterocycles. The summed E-state index contributed by atoms with van der Waals surface area (Å²) in [6.07, 6.45) is -5.84. The summed E-state index contributed by atoms with van der Waals surface area (Å²) in [5.74, 6) is -0.0248. The molecule has 7 heteroatoms. The number of aliphatic hydroxyl groups is 1. The molecule has 0 aromatic carbocycles. The summed E-state index contributed by atoms with van der Waals surface area (Å²) >= 11 is 0. The molecule has 1 amide bonds. The maximum absolute atomic E-state index is 12.3. The number of carbonyl (C=O) groups is 1. The fourth-order valence-electron chi connectivity index (χ4n) is 2.35. The van der Waals surface area contributed by atoms with Crippen LogP contribution in [0.5, 0.6) is 0 Å². The Kier molecular flexibility index (Phi) is 5.90. The lowest BCUT2D eigenvalue weighted by atomic mass is 9.92. The molecule has 1 fully saturated rings. The lowest BCUT2D eigenvalue weighted by Gasteiger charge is -2.34. The van der Waals surface area contributed by atoms with Crippen LogP contribution >= 0.6 is 0 Å². The van der Waals surface area contributed by atoms with Crippen LogP contribution in [0.1, 0.15) is 46.5 Å². The summed E-state index contributed by atoms with van der Waals surface area (Å²) < 4.78 is 42.0. The van der Waals surface area contributed by atoms with E-state index in [9.17, 15) is 18.0 Å². The average molecular weight is 311 g/mol. The van der Waals surface area contributed by atoms with Gasteiger partial charge >= 0.3 is 12.3 Å². The summed E-state index contributed by atoms with van der Waals surface area (Å²) in [5.41, 5.74) is -0.587. The first kappa shape index (κ1) is 18.1. The highest BCUT2D eigenvalue weighted by Gasteiger charge is 2.38. The van der Waals surface area contributed by atoms with Gasteiger partial charge < -0.3 is 14.7 Å². The summed E-state index contributed by atoms with van der Waals surface area (Å²) in [4.78, 5) is 13.5. The van der Waals surface area contributed by atoms with E-state index in [1.54, 1.807) is 25.7 Å². The third-order valence-electron chi connectivity index (χ3n) is 3.40. The number of hydrogen-bond donors (Lipinski definition) is 1. The van der Waals surface area contributed by atoms with Crippen LogP contribution in [0.2, 0.25) is 0 Å². The van der Waals surface area contributed by atoms with Crippen molar-refractivity contribution in [1.29, 1.82) is 0 Å². The molecule has 1 rings (SSSR count). The Labute approximate surface area is 123 Å². The topological polar surface area (TPSA) is 49.8 Å². The first-order chi connectivity index (χ1) is 9.49. The predicted octanol–water partition coefficient (Wildman–Crippen LogP) is 3.34. The van der Waals surface area contributed by atoms with Crippen molar-refractivity contribution < 1.29 is 27.8 Å². The fraction of sp³-hybridized carbons (Fsp3) is 0.929. The monoisotopic (exact) mass is 311 g/mol. The van der Waals surface area contributed by atoms with E-state index in [0.29, 0.717) is 13.1 Å². The molecule has 0 aromatic heterocycles. The molecular weight excluding hydrogens is 287 g/mol. The van der Waals surface area contributed by atoms with E-state index in [4.69, 9.17) is 9.84 Å². The molecular formula is C14H24F3NO3. The molecule has 124 valence electrons. The first-order valence-electron chi connectivity index (χ1n) is 7.22. The van der Waals surface area contributed by atoms with Crippen LogP contribution in [0.25, 0.3) is 0 Å². The third-order valence-corrected chi connectivity index (χ3v) is 3.40. The first-order valence-corrected chi connectivity index (χ1v) is 7.22. The molecule has 0 bridgehead atoms. The second kappa shape index (κ2) is 6.85. The second-order valence-electron chi connectivity index (χ2n) is 6.57. The van der Waals surface area contributed by atoms with Gasteiger partial charge in [0.1, 0.15) is 11.7 Å². The number of alkyl halides is 3. The highest BCUT2D eigenvalue weighted by molar-refractivity contribution is 5.68. The zero-order valence-corrected chi connectivity index (χ0v) is 12.7. The zero-order valence-electron chi connectivity index (χ0n) is 12.7. The van der Waals surface area contributed by atoms with Crippen molar-refractivity contribution in [3.05, 3.63) is 0 Å². The predicted molar refractivity (Wildman–Crippen MR) is 71.8 cm³/mol. The molecule has 1 heterocycles. The van der Waals surface area contributed by atoms with Crippen LogP contribution in [0.4, 0.5) is 18.0 Å². The lowest BCUT2D eigenvalue weighted by molar-refractivity contribution is -0.206. The molecule has 1 N–H and O–H groups in total. The highest BCUT2D eigenvalue weighted by Crippen LogP contribution is 2.28. The van der Waals surface area contributed by atoms with E-state index in [2.05, 4.69) is 0 Å². The van der Waals surface area contributed by atoms with E-state index in [0.717, 1.165) is 12.8 Å². The number of halogens is 3. The maximum atomic E-state index is 12.3. The van der Waals surface area contributed by atoms with Gasteiger partial charge in [-0.05, 0) is 52.4 Å². The molecule has 2 atom stereocenters. The summed E-state index contributed by atoms with van der Waals surface area (Å²) in [6, 6.07) is 0. The van der Waals surface area contributed by atoms with Gasteiger partial charge in [0.25, 0.3) is 0 Å². The number of nitrogens with zero attached hydrogens (tertiary/aromatic N) is 1. The van der Waals surface area contributed by atoms with Gasteiger partial charge in [-0.25, -0.2) is 4.79 Å². The average Bonchev–Trinajstić information content (AvgIpc) is 2.33. The normalized spacial score (nSPS) is 22.0. The van der Waals surface area contributed by atoms with Crippen LogP contribution in [-0.4, -0.2) is 47.1 Å². The molecule has 0 radical (unpaired) electrons. The molecule has 1 aliphatic heterocycles. The Bertz CT molecular complexity index is 352. The SMILES string of the molecule is CC(C)(C)OC(=O)N1CCCC(CCC(O)C(F)(F)F)C1. The Morgan fingerprint density at radius 1 is 1.38 bits per heavy atom. The second-order valence-corrected chi connectivity index (χ2v) is 6.57. The number of aliphatic hydroxyl groups excluding tert-OH is 1. The van der Waals surface area contributed by atoms with Crippen molar-refractivity contribution in [2.75, 3.05) is 13.1 Å². The summed E-state index contributed by atoms with van der Waals surface area (Å²) in [7, 11) is 0. The molecule has 1 aliphatic rings. The van der Waals surface area contributed by atoms with Crippen LogP contribution in [0, 0.1) is 5.92 Å². The van der Waals surface area contributed by atoms with Gasteiger partial charge in [-0.15, -0.1) is 0 Å². The number of carbonyl (C=O) groups excluding carboxylic acids is 1. The molecule has 21 heavy (non-hydrogen) atoms. The van der Waals surface area contributed by atoms with Crippen molar-refractivity contribution >= 4 is 6.09 Å². The van der Waals surface area contributed by atoms with E-state index < -0.39 is 24.0 Å². The Balaban J connectivity index is 2.44. The molecule has 4 nitrogen and oxygen atoms in total. The number of rotatable bonds is 3. The largest absolute Gasteiger partial charge is 0.444 e. The molecule has 0 aliphatic carbocycles. The van der Waals surface area contributed by atoms with E-state index in [-0.39, 0.29) is 18.8 Å². The van der Waals surface area contributed by atoms with Crippen LogP contribution < -0.4 is 0 Å². The van der Waals surface area contributed by atoms with Gasteiger partial charge in [-0.1, -0.05) is 0 Å². The number of piperidine rings is 1. The van der Waals surface area contributed by atoms with Crippen LogP contribution in [0.3, 0.4) is 0 Å². The van der Waals surface area contributed by atoms with Crippen molar-refractivity contribution in [2.24, 2.45) is 5.92 Å². The van der Waals surface area contributed by atoms with E-state index in [1.807, 2.05) is 0 Å². The minimum absolute atomic E-state index is 0.0248. The van der Waals surface area contributed by atoms with E-state index in [1.165, 1.54) is 0 Å². The minimum atomic E-state index is -4.57. The van der Waals surface area contributed by atoms with E-state index >= 15 is 0 Å². The third kappa shape index (κ3) is 6.54. The molecule has 0 saturated carbocycles. The number of likely N-dealkylation sites (tertiary alicyclic amines) is 1. The van der Waals surface area contributed by atoms with Gasteiger partial charge in [-0.2, -0.15) is 13.2 Å². The van der Waals surface area contributed by atoms with Gasteiger partial charge in [0, 0.05) is 13.1 Å². The summed E-state index contributed by atoms with van der Waals surface area (Å²) in [5, 5.41) is 9.01. The maximum Gasteiger partial charge on any atom is 0.414 e. The van der Waals surface area contributed by atoms with Crippen molar-refractivity contribution in [3.8, 4) is 0 Å². The van der Waals surface area contributed by atoms with Crippen molar-refractivity contribution in [1.82, 2.24) is 4.90 Å². The van der Waals surface area contributed by atoms with Crippen molar-refractivity contribution in [3.63, 3.8) is 0 Å². The molecule has 0 aromatic rings. The van der Waals surface area contributed by atoms with Gasteiger partial charge in [-0.3, -0.25) is 0 Å². The Morgan fingerprint density at radius 2 is 2.00 bits per heavy atom. The zero-order chi connectivity index (χ0) is 16.3. The molecule has 0 spiro atoms. The quantitative estimate of drug-likeness (QED) is 0.869. The number of hydrogen-bond acceptors (Lipinski definition) is 3. The molecule has 2 unspecified atom stereocenters. The summed E-state index contributed by atoms with van der Waals surface area (Å²) in [6.45, 7) is 6.26. The van der Waals surface area contributed by atoms with Gasteiger partial charge in [0.2, 0.25) is 0 Å². The van der Waals surface area contributed by atoms with Gasteiger partial charge in [0.05, 0.1) is 0 Å². The standard InChI is InChI=1S/C14H24F3NO3/c1-13(2,3)21-12(20)18-8-4-5-10(9-18)6-7-11(19)14(15,16)17/h10-11,19H,4-9H2,1-3H3. The number of amides is 1. The Hall–Kier alpha value is -0.980. The smallest absolute Gasteiger partial charge is 0.414 e. The minimum Gasteiger partial charge on any atom is -0.444 e. The lowest BCUT2D eigenvalue weighted by Crippen LogP contribution is -2.43. The number of ether oxygens (including phenoxy) is 1. The highest BCUT2D eigenvalue weighted by atomic mass is 19.4. The van der Waals surface area contributed by atoms with Crippen LogP contribution in [0.15, 0.2) is 0 Å². The Morgan fingerprint density at radius 3 is 2.52 bits per heavy atom. The van der Waals surface area contributed by atoms with Crippen LogP contribution in [-0.2, 0) is 4.74 Å². The van der Waals surface area contributed by atoms with Crippen molar-refractivity contribution in [2.45, 2.75) is 64.3 Å².